The molecule has 90 valence electrons. The van der Waals surface area contributed by atoms with Crippen molar-refractivity contribution in [3.05, 3.63) is 35.4 Å². The highest BCUT2D eigenvalue weighted by Gasteiger charge is 2.08. The van der Waals surface area contributed by atoms with E-state index in [1.54, 1.807) is 6.07 Å². The maximum Gasteiger partial charge on any atom is 0.227 e. The molecule has 1 aromatic carbocycles. The number of hydrogen-bond acceptors (Lipinski definition) is 4. The molecular weight excluding hydrogens is 246 g/mol. The fourth-order valence-corrected chi connectivity index (χ4v) is 2.29. The van der Waals surface area contributed by atoms with Crippen molar-refractivity contribution in [2.45, 2.75) is 11.9 Å². The van der Waals surface area contributed by atoms with Crippen LogP contribution in [0.1, 0.15) is 11.1 Å². The van der Waals surface area contributed by atoms with Crippen LogP contribution in [0, 0.1) is 18.3 Å². The number of nitrogens with two attached hydrogens (primary N) is 1. The van der Waals surface area contributed by atoms with Crippen molar-refractivity contribution in [1.82, 2.24) is 4.98 Å². The van der Waals surface area contributed by atoms with E-state index >= 15 is 0 Å². The molecule has 0 radical (unpaired) electrons. The Hall–Kier alpha value is -2.06. The second-order valence-electron chi connectivity index (χ2n) is 3.90. The van der Waals surface area contributed by atoms with Crippen molar-refractivity contribution in [3.8, 4) is 6.07 Å². The summed E-state index contributed by atoms with van der Waals surface area (Å²) < 4.78 is 0. The molecule has 0 aliphatic carbocycles. The van der Waals surface area contributed by atoms with Gasteiger partial charge >= 0.3 is 0 Å². The normalized spacial score (nSPS) is 10.2. The highest BCUT2D eigenvalue weighted by molar-refractivity contribution is 8.00. The highest BCUT2D eigenvalue weighted by Crippen LogP contribution is 2.24. The van der Waals surface area contributed by atoms with Crippen LogP contribution in [0.15, 0.2) is 29.3 Å². The predicted molar refractivity (Wildman–Crippen MR) is 71.1 cm³/mol. The molecule has 2 N–H and O–H groups in total. The molecule has 0 fully saturated rings. The van der Waals surface area contributed by atoms with Gasteiger partial charge in [-0.2, -0.15) is 5.26 Å². The zero-order chi connectivity index (χ0) is 13.1. The number of aromatic nitrogens is 1. The zero-order valence-corrected chi connectivity index (χ0v) is 10.6. The molecule has 18 heavy (non-hydrogen) atoms. The average Bonchev–Trinajstić information content (AvgIpc) is 2.35. The number of thioether (sulfide) groups is 1. The van der Waals surface area contributed by atoms with Crippen LogP contribution in [-0.2, 0) is 4.79 Å². The van der Waals surface area contributed by atoms with Crippen LogP contribution in [0.4, 0.5) is 0 Å². The first-order valence-electron chi connectivity index (χ1n) is 5.33. The van der Waals surface area contributed by atoms with Gasteiger partial charge in [-0.15, -0.1) is 0 Å². The predicted octanol–water partition coefficient (Wildman–Crippen LogP) is 1.99. The SMILES string of the molecule is Cc1ccc2cc(C#N)c(SCC(N)=O)nc2c1. The van der Waals surface area contributed by atoms with E-state index in [0.717, 1.165) is 16.5 Å². The van der Waals surface area contributed by atoms with Crippen LogP contribution in [0.3, 0.4) is 0 Å². The molecule has 2 rings (SSSR count). The Balaban J connectivity index is 2.50. The maximum absolute atomic E-state index is 10.8. The smallest absolute Gasteiger partial charge is 0.227 e. The first kappa shape index (κ1) is 12.4. The summed E-state index contributed by atoms with van der Waals surface area (Å²) in [5, 5.41) is 10.5. The number of hydrogen-bond donors (Lipinski definition) is 1. The molecule has 0 saturated carbocycles. The molecular formula is C13H11N3OS. The van der Waals surface area contributed by atoms with Gasteiger partial charge in [-0.1, -0.05) is 23.9 Å². The van der Waals surface area contributed by atoms with Crippen LogP contribution in [0.25, 0.3) is 10.9 Å². The number of amides is 1. The Morgan fingerprint density at radius 1 is 1.50 bits per heavy atom. The number of rotatable bonds is 3. The molecule has 0 atom stereocenters. The molecule has 0 saturated heterocycles. The van der Waals surface area contributed by atoms with Crippen LogP contribution >= 0.6 is 11.8 Å². The first-order chi connectivity index (χ1) is 8.60. The Kier molecular flexibility index (Phi) is 3.49. The van der Waals surface area contributed by atoms with Gasteiger partial charge in [0.05, 0.1) is 16.8 Å². The largest absolute Gasteiger partial charge is 0.369 e. The number of nitrogens with zero attached hydrogens (tertiary/aromatic N) is 2. The zero-order valence-electron chi connectivity index (χ0n) is 9.80. The van der Waals surface area contributed by atoms with Crippen LogP contribution < -0.4 is 5.73 Å². The van der Waals surface area contributed by atoms with Gasteiger partial charge in [0.15, 0.2) is 0 Å². The monoisotopic (exact) mass is 257 g/mol. The van der Waals surface area contributed by atoms with Gasteiger partial charge in [-0.3, -0.25) is 4.79 Å². The Bertz CT molecular complexity index is 661. The molecule has 2 aromatic rings. The summed E-state index contributed by atoms with van der Waals surface area (Å²) in [7, 11) is 0. The number of fused-ring (bicyclic) bond motifs is 1. The average molecular weight is 257 g/mol. The van der Waals surface area contributed by atoms with E-state index in [2.05, 4.69) is 11.1 Å². The minimum atomic E-state index is -0.421. The van der Waals surface area contributed by atoms with Crippen molar-refractivity contribution in [1.29, 1.82) is 5.26 Å². The highest BCUT2D eigenvalue weighted by atomic mass is 32.2. The van der Waals surface area contributed by atoms with Gasteiger partial charge in [0, 0.05) is 5.39 Å². The van der Waals surface area contributed by atoms with Gasteiger partial charge in [0.2, 0.25) is 5.91 Å². The van der Waals surface area contributed by atoms with Gasteiger partial charge in [-0.05, 0) is 24.6 Å². The summed E-state index contributed by atoms with van der Waals surface area (Å²) in [5.41, 5.74) is 7.49. The number of primary amides is 1. The van der Waals surface area contributed by atoms with Crippen LogP contribution in [-0.4, -0.2) is 16.6 Å². The standard InChI is InChI=1S/C13H11N3OS/c1-8-2-3-9-5-10(6-14)13(16-11(9)4-8)18-7-12(15)17/h2-5H,7H2,1H3,(H2,15,17). The van der Waals surface area contributed by atoms with E-state index < -0.39 is 5.91 Å². The summed E-state index contributed by atoms with van der Waals surface area (Å²) in [5.74, 6) is -0.297. The molecule has 0 spiro atoms. The van der Waals surface area contributed by atoms with E-state index in [-0.39, 0.29) is 5.75 Å². The summed E-state index contributed by atoms with van der Waals surface area (Å²) in [6.45, 7) is 1.98. The molecule has 0 unspecified atom stereocenters. The lowest BCUT2D eigenvalue weighted by molar-refractivity contribution is -0.115. The van der Waals surface area contributed by atoms with Crippen molar-refractivity contribution in [2.75, 3.05) is 5.75 Å². The summed E-state index contributed by atoms with van der Waals surface area (Å²) in [4.78, 5) is 15.2. The second kappa shape index (κ2) is 5.07. The third-order valence-electron chi connectivity index (χ3n) is 2.41. The topological polar surface area (TPSA) is 79.8 Å². The number of pyridine rings is 1. The summed E-state index contributed by atoms with van der Waals surface area (Å²) in [6, 6.07) is 9.73. The third-order valence-corrected chi connectivity index (χ3v) is 3.42. The van der Waals surface area contributed by atoms with Crippen LogP contribution in [0.5, 0.6) is 0 Å². The molecule has 1 aromatic heterocycles. The molecule has 4 nitrogen and oxygen atoms in total. The third kappa shape index (κ3) is 2.60. The minimum Gasteiger partial charge on any atom is -0.369 e. The maximum atomic E-state index is 10.8. The van der Waals surface area contributed by atoms with Gasteiger partial charge < -0.3 is 5.73 Å². The second-order valence-corrected chi connectivity index (χ2v) is 4.87. The molecule has 5 heteroatoms. The summed E-state index contributed by atoms with van der Waals surface area (Å²) in [6.07, 6.45) is 0. The van der Waals surface area contributed by atoms with Crippen LogP contribution in [0.2, 0.25) is 0 Å². The lowest BCUT2D eigenvalue weighted by Crippen LogP contribution is -2.13. The lowest BCUT2D eigenvalue weighted by Gasteiger charge is -2.05. The number of nitriles is 1. The van der Waals surface area contributed by atoms with Gasteiger partial charge in [0.25, 0.3) is 0 Å². The summed E-state index contributed by atoms with van der Waals surface area (Å²) >= 11 is 1.19. The van der Waals surface area contributed by atoms with Crippen molar-refractivity contribution < 1.29 is 4.79 Å². The number of benzene rings is 1. The number of carbonyl (C=O) groups excluding carboxylic acids is 1. The van der Waals surface area contributed by atoms with Gasteiger partial charge in [0.1, 0.15) is 11.1 Å². The first-order valence-corrected chi connectivity index (χ1v) is 6.31. The van der Waals surface area contributed by atoms with E-state index in [0.29, 0.717) is 10.6 Å². The van der Waals surface area contributed by atoms with E-state index in [9.17, 15) is 4.79 Å². The fourth-order valence-electron chi connectivity index (χ4n) is 1.59. The lowest BCUT2D eigenvalue weighted by atomic mass is 10.1. The molecule has 0 bridgehead atoms. The molecule has 0 aliphatic heterocycles. The van der Waals surface area contributed by atoms with Crippen molar-refractivity contribution in [3.63, 3.8) is 0 Å². The van der Waals surface area contributed by atoms with E-state index in [4.69, 9.17) is 11.0 Å². The molecule has 0 aliphatic rings. The Labute approximate surface area is 109 Å². The van der Waals surface area contributed by atoms with E-state index in [1.165, 1.54) is 11.8 Å². The molecule has 1 heterocycles. The fraction of sp³-hybridized carbons (Fsp3) is 0.154. The molecule has 1 amide bonds. The van der Waals surface area contributed by atoms with Crippen molar-refractivity contribution >= 4 is 28.6 Å². The Morgan fingerprint density at radius 3 is 2.94 bits per heavy atom. The van der Waals surface area contributed by atoms with Crippen molar-refractivity contribution in [2.24, 2.45) is 5.73 Å². The van der Waals surface area contributed by atoms with Gasteiger partial charge in [-0.25, -0.2) is 4.98 Å². The number of aryl methyl sites for hydroxylation is 1. The Morgan fingerprint density at radius 2 is 2.28 bits per heavy atom. The number of carbonyl (C=O) groups is 1. The quantitative estimate of drug-likeness (QED) is 0.853. The minimum absolute atomic E-state index is 0.124. The van der Waals surface area contributed by atoms with E-state index in [1.807, 2.05) is 25.1 Å².